The first kappa shape index (κ1) is 11.9. The Labute approximate surface area is 95.4 Å². The van der Waals surface area contributed by atoms with Gasteiger partial charge in [0.25, 0.3) is 5.91 Å². The fraction of sp³-hybridized carbons (Fsp3) is 0.625. The number of aromatic nitrogens is 3. The molecule has 1 aromatic heterocycles. The Morgan fingerprint density at radius 3 is 2.71 bits per heavy atom. The lowest BCUT2D eigenvalue weighted by Crippen LogP contribution is -2.33. The number of ether oxygens (including phenoxy) is 1. The molecule has 1 amide bonds. The van der Waals surface area contributed by atoms with E-state index in [1.165, 1.54) is 0 Å². The first-order chi connectivity index (χ1) is 8.04. The summed E-state index contributed by atoms with van der Waals surface area (Å²) in [6, 6.07) is 0. The van der Waals surface area contributed by atoms with E-state index in [2.05, 4.69) is 10.1 Å². The van der Waals surface area contributed by atoms with Crippen LogP contribution >= 0.6 is 0 Å². The second-order valence-corrected chi connectivity index (χ2v) is 3.64. The summed E-state index contributed by atoms with van der Waals surface area (Å²) in [6.07, 6.45) is -3.26. The lowest BCUT2D eigenvalue weighted by molar-refractivity contribution is -0.0588. The minimum atomic E-state index is -1.27. The van der Waals surface area contributed by atoms with E-state index in [9.17, 15) is 15.0 Å². The van der Waals surface area contributed by atoms with Gasteiger partial charge in [-0.3, -0.25) is 4.79 Å². The van der Waals surface area contributed by atoms with Crippen molar-refractivity contribution in [2.45, 2.75) is 24.5 Å². The number of hydrogen-bond donors (Lipinski definition) is 4. The van der Waals surface area contributed by atoms with Crippen molar-refractivity contribution >= 4 is 5.91 Å². The number of rotatable bonds is 3. The summed E-state index contributed by atoms with van der Waals surface area (Å²) < 4.78 is 6.25. The first-order valence-corrected chi connectivity index (χ1v) is 4.88. The molecular formula is C8H12N4O5. The number of nitrogens with zero attached hydrogens (tertiary/aromatic N) is 3. The van der Waals surface area contributed by atoms with Crippen molar-refractivity contribution in [1.82, 2.24) is 14.8 Å². The van der Waals surface area contributed by atoms with Gasteiger partial charge in [0.15, 0.2) is 6.23 Å². The molecule has 2 heterocycles. The van der Waals surface area contributed by atoms with Crippen LogP contribution in [-0.4, -0.2) is 60.9 Å². The first-order valence-electron chi connectivity index (χ1n) is 4.88. The van der Waals surface area contributed by atoms with E-state index >= 15 is 0 Å². The Morgan fingerprint density at radius 2 is 2.24 bits per heavy atom. The van der Waals surface area contributed by atoms with Gasteiger partial charge in [-0.25, -0.2) is 9.67 Å². The van der Waals surface area contributed by atoms with E-state index in [-0.39, 0.29) is 5.82 Å². The lowest BCUT2D eigenvalue weighted by atomic mass is 10.6. The Bertz CT molecular complexity index is 422. The van der Waals surface area contributed by atoms with Gasteiger partial charge < -0.3 is 25.8 Å². The van der Waals surface area contributed by atoms with Crippen LogP contribution in [0, 0.1) is 0 Å². The molecular weight excluding hydrogens is 237 g/mol. The van der Waals surface area contributed by atoms with Crippen molar-refractivity contribution in [2.24, 2.45) is 5.73 Å². The second kappa shape index (κ2) is 4.37. The molecule has 94 valence electrons. The van der Waals surface area contributed by atoms with Gasteiger partial charge in [-0.15, -0.1) is 5.10 Å². The predicted octanol–water partition coefficient (Wildman–Crippen LogP) is -3.01. The molecule has 17 heavy (non-hydrogen) atoms. The zero-order valence-electron chi connectivity index (χ0n) is 8.67. The van der Waals surface area contributed by atoms with Gasteiger partial charge in [0.2, 0.25) is 5.82 Å². The molecule has 0 aromatic carbocycles. The number of aliphatic hydroxyl groups is 3. The van der Waals surface area contributed by atoms with Crippen LogP contribution in [0.3, 0.4) is 0 Å². The number of aliphatic hydroxyl groups excluding tert-OH is 3. The second-order valence-electron chi connectivity index (χ2n) is 3.64. The minimum absolute atomic E-state index is 0.220. The Hall–Kier alpha value is -1.55. The zero-order valence-corrected chi connectivity index (χ0v) is 8.67. The van der Waals surface area contributed by atoms with Crippen LogP contribution in [-0.2, 0) is 4.74 Å². The van der Waals surface area contributed by atoms with Crippen molar-refractivity contribution in [3.05, 3.63) is 12.2 Å². The number of amides is 1. The standard InChI is InChI=1S/C8H12N4O5/c9-6(16)7-10-2-12(11-7)8-5(15)4(14)3(1-13)17-8/h2-5,8,13-15H,1H2,(H2,9,16)/t3-,4+,5?,8-/m1/s1/i1+1,3+1,4+1,5+1,8+1. The van der Waals surface area contributed by atoms with E-state index in [4.69, 9.17) is 15.6 Å². The third-order valence-corrected chi connectivity index (χ3v) is 2.51. The van der Waals surface area contributed by atoms with Gasteiger partial charge in [-0.2, -0.15) is 0 Å². The highest BCUT2D eigenvalue weighted by atomic mass is 16.8. The van der Waals surface area contributed by atoms with Gasteiger partial charge in [0.05, 0.1) is 6.61 Å². The van der Waals surface area contributed by atoms with E-state index in [1.807, 2.05) is 0 Å². The molecule has 5 N–H and O–H groups in total. The SMILES string of the molecule is NC(=O)c1ncn([13C@@H]2O[13C@H]([13CH2]O)[13C@H](O)[13CH]2O)n1. The molecule has 0 spiro atoms. The minimum Gasteiger partial charge on any atom is -0.394 e. The fourth-order valence-corrected chi connectivity index (χ4v) is 1.61. The number of carbonyl (C=O) groups excluding carboxylic acids is 1. The molecule has 1 fully saturated rings. The van der Waals surface area contributed by atoms with Gasteiger partial charge in [-0.1, -0.05) is 0 Å². The van der Waals surface area contributed by atoms with E-state index < -0.39 is 37.1 Å². The average Bonchev–Trinajstić information content (AvgIpc) is 2.87. The van der Waals surface area contributed by atoms with Crippen LogP contribution in [0.4, 0.5) is 0 Å². The van der Waals surface area contributed by atoms with Crippen molar-refractivity contribution in [2.75, 3.05) is 6.61 Å². The van der Waals surface area contributed by atoms with Crippen LogP contribution < -0.4 is 5.73 Å². The molecule has 0 saturated carbocycles. The zero-order chi connectivity index (χ0) is 12.6. The smallest absolute Gasteiger partial charge is 0.288 e. The number of carbonyl (C=O) groups is 1. The highest BCUT2D eigenvalue weighted by molar-refractivity contribution is 5.88. The van der Waals surface area contributed by atoms with Crippen molar-refractivity contribution in [3.63, 3.8) is 0 Å². The van der Waals surface area contributed by atoms with Crippen LogP contribution in [0.2, 0.25) is 0 Å². The summed E-state index contributed by atoms with van der Waals surface area (Å²) in [7, 11) is 0. The van der Waals surface area contributed by atoms with Crippen molar-refractivity contribution < 1.29 is 24.9 Å². The molecule has 9 heteroatoms. The Kier molecular flexibility index (Phi) is 3.07. The fourth-order valence-electron chi connectivity index (χ4n) is 1.61. The normalized spacial score (nSPS) is 32.9. The Morgan fingerprint density at radius 1 is 1.53 bits per heavy atom. The van der Waals surface area contributed by atoms with Gasteiger partial charge in [-0.05, 0) is 0 Å². The Balaban J connectivity index is 2.19. The van der Waals surface area contributed by atoms with E-state index in [0.717, 1.165) is 11.0 Å². The largest absolute Gasteiger partial charge is 0.394 e. The quantitative estimate of drug-likeness (QED) is 0.417. The third kappa shape index (κ3) is 2.00. The van der Waals surface area contributed by atoms with Crippen LogP contribution in [0.5, 0.6) is 0 Å². The van der Waals surface area contributed by atoms with E-state index in [0.29, 0.717) is 0 Å². The van der Waals surface area contributed by atoms with Gasteiger partial charge >= 0.3 is 0 Å². The average molecular weight is 249 g/mol. The molecule has 1 saturated heterocycles. The van der Waals surface area contributed by atoms with E-state index in [1.54, 1.807) is 0 Å². The highest BCUT2D eigenvalue weighted by Gasteiger charge is 2.43. The maximum Gasteiger partial charge on any atom is 0.288 e. The molecule has 1 aliphatic heterocycles. The molecule has 1 aliphatic rings. The summed E-state index contributed by atoms with van der Waals surface area (Å²) >= 11 is 0. The van der Waals surface area contributed by atoms with Gasteiger partial charge in [0.1, 0.15) is 24.6 Å². The summed E-state index contributed by atoms with van der Waals surface area (Å²) in [6.45, 7) is -0.438. The summed E-state index contributed by atoms with van der Waals surface area (Å²) in [5.74, 6) is -1.03. The lowest BCUT2D eigenvalue weighted by Gasteiger charge is -2.13. The highest BCUT2D eigenvalue weighted by Crippen LogP contribution is 2.28. The van der Waals surface area contributed by atoms with Gasteiger partial charge in [0, 0.05) is 0 Å². The van der Waals surface area contributed by atoms with Crippen molar-refractivity contribution in [3.8, 4) is 0 Å². The number of nitrogens with two attached hydrogens (primary N) is 1. The molecule has 2 rings (SSSR count). The molecule has 0 radical (unpaired) electrons. The topological polar surface area (TPSA) is 144 Å². The number of primary amides is 1. The summed E-state index contributed by atoms with van der Waals surface area (Å²) in [5, 5.41) is 31.8. The molecule has 4 atom stereocenters. The third-order valence-electron chi connectivity index (χ3n) is 2.51. The summed E-state index contributed by atoms with van der Waals surface area (Å²) in [5.41, 5.74) is 4.97. The van der Waals surface area contributed by atoms with Crippen LogP contribution in [0.25, 0.3) is 0 Å². The van der Waals surface area contributed by atoms with Crippen molar-refractivity contribution in [1.29, 1.82) is 0 Å². The number of hydrogen-bond acceptors (Lipinski definition) is 7. The maximum absolute atomic E-state index is 10.8. The maximum atomic E-state index is 10.8. The summed E-state index contributed by atoms with van der Waals surface area (Å²) in [4.78, 5) is 14.4. The predicted molar refractivity (Wildman–Crippen MR) is 51.5 cm³/mol. The monoisotopic (exact) mass is 249 g/mol. The molecule has 0 aliphatic carbocycles. The molecule has 0 bridgehead atoms. The molecule has 1 aromatic rings. The van der Waals surface area contributed by atoms with Crippen LogP contribution in [0.15, 0.2) is 6.33 Å². The molecule has 1 unspecified atom stereocenters. The van der Waals surface area contributed by atoms with Crippen LogP contribution in [0.1, 0.15) is 16.8 Å². The molecule has 9 nitrogen and oxygen atoms in total.